The van der Waals surface area contributed by atoms with Crippen molar-refractivity contribution in [3.8, 4) is 0 Å². The number of carbonyl (C=O) groups is 1. The summed E-state index contributed by atoms with van der Waals surface area (Å²) in [6.45, 7) is 1.68. The lowest BCUT2D eigenvalue weighted by atomic mass is 9.82. The van der Waals surface area contributed by atoms with Crippen LogP contribution in [0.5, 0.6) is 0 Å². The predicted molar refractivity (Wildman–Crippen MR) is 150 cm³/mol. The van der Waals surface area contributed by atoms with Crippen LogP contribution in [0.4, 0.5) is 13.2 Å². The first kappa shape index (κ1) is 32.4. The minimum Gasteiger partial charge on any atom is -0.336 e. The Bertz CT molecular complexity index is 1500. The van der Waals surface area contributed by atoms with Gasteiger partial charge in [-0.15, -0.1) is 0 Å². The quantitative estimate of drug-likeness (QED) is 0.337. The SMILES string of the molecule is CN(CC(=O)N1C2CCC1CC([C@H](N)Cc1cc(F)c(F)cc1F)C2)S(=O)(=O)C1CC1.Cc1ccc(S(=O)(=O)O)cc1. The maximum Gasteiger partial charge on any atom is 0.294 e. The van der Waals surface area contributed by atoms with Gasteiger partial charge in [0.2, 0.25) is 15.9 Å². The van der Waals surface area contributed by atoms with Crippen LogP contribution in [0.25, 0.3) is 0 Å². The summed E-state index contributed by atoms with van der Waals surface area (Å²) in [4.78, 5) is 14.6. The molecular formula is C28H36F3N3O6S2. The van der Waals surface area contributed by atoms with Gasteiger partial charge in [-0.25, -0.2) is 21.6 Å². The Hall–Kier alpha value is -2.52. The van der Waals surface area contributed by atoms with Gasteiger partial charge in [-0.3, -0.25) is 9.35 Å². The van der Waals surface area contributed by atoms with Crippen molar-refractivity contribution in [2.45, 2.75) is 80.1 Å². The third-order valence-electron chi connectivity index (χ3n) is 8.26. The first-order valence-corrected chi connectivity index (χ1v) is 16.7. The number of piperidine rings is 1. The molecule has 0 radical (unpaired) electrons. The van der Waals surface area contributed by atoms with Crippen molar-refractivity contribution in [1.29, 1.82) is 0 Å². The second kappa shape index (κ2) is 12.6. The van der Waals surface area contributed by atoms with E-state index in [-0.39, 0.29) is 52.6 Å². The monoisotopic (exact) mass is 631 g/mol. The number of fused-ring (bicyclic) bond motifs is 2. The molecule has 2 bridgehead atoms. The smallest absolute Gasteiger partial charge is 0.294 e. The van der Waals surface area contributed by atoms with E-state index in [0.29, 0.717) is 31.7 Å². The van der Waals surface area contributed by atoms with Crippen LogP contribution < -0.4 is 5.73 Å². The van der Waals surface area contributed by atoms with Crippen LogP contribution in [-0.4, -0.2) is 73.5 Å². The second-order valence-electron chi connectivity index (χ2n) is 11.4. The molecule has 2 aliphatic heterocycles. The summed E-state index contributed by atoms with van der Waals surface area (Å²) in [5.74, 6) is -3.33. The number of hydrogen-bond donors (Lipinski definition) is 2. The molecule has 42 heavy (non-hydrogen) atoms. The number of hydrogen-bond acceptors (Lipinski definition) is 6. The molecule has 232 valence electrons. The van der Waals surface area contributed by atoms with E-state index in [4.69, 9.17) is 10.3 Å². The van der Waals surface area contributed by atoms with E-state index in [9.17, 15) is 34.8 Å². The van der Waals surface area contributed by atoms with E-state index in [1.165, 1.54) is 19.2 Å². The fourth-order valence-corrected chi connectivity index (χ4v) is 7.82. The van der Waals surface area contributed by atoms with Crippen LogP contribution in [-0.2, 0) is 31.4 Å². The summed E-state index contributed by atoms with van der Waals surface area (Å²) in [5.41, 5.74) is 7.32. The Labute approximate surface area is 244 Å². The number of benzene rings is 2. The topological polar surface area (TPSA) is 138 Å². The highest BCUT2D eigenvalue weighted by molar-refractivity contribution is 7.90. The second-order valence-corrected chi connectivity index (χ2v) is 15.2. The highest BCUT2D eigenvalue weighted by Gasteiger charge is 2.46. The zero-order valence-electron chi connectivity index (χ0n) is 23.4. The van der Waals surface area contributed by atoms with Crippen molar-refractivity contribution in [2.24, 2.45) is 11.7 Å². The normalized spacial score (nSPS) is 23.0. The molecular weight excluding hydrogens is 595 g/mol. The van der Waals surface area contributed by atoms with Gasteiger partial charge in [0.05, 0.1) is 16.7 Å². The van der Waals surface area contributed by atoms with Crippen LogP contribution in [0.1, 0.15) is 49.7 Å². The van der Waals surface area contributed by atoms with Gasteiger partial charge in [0.25, 0.3) is 10.1 Å². The highest BCUT2D eigenvalue weighted by Crippen LogP contribution is 2.40. The molecule has 2 aromatic rings. The van der Waals surface area contributed by atoms with Crippen LogP contribution in [0, 0.1) is 30.3 Å². The average molecular weight is 632 g/mol. The molecule has 1 aliphatic carbocycles. The maximum absolute atomic E-state index is 14.0. The first-order valence-electron chi connectivity index (χ1n) is 13.8. The van der Waals surface area contributed by atoms with E-state index in [1.807, 2.05) is 6.92 Å². The van der Waals surface area contributed by atoms with Crippen LogP contribution >= 0.6 is 0 Å². The molecule has 1 saturated carbocycles. The molecule has 0 spiro atoms. The average Bonchev–Trinajstić information content (AvgIpc) is 3.73. The predicted octanol–water partition coefficient (Wildman–Crippen LogP) is 3.41. The van der Waals surface area contributed by atoms with E-state index in [2.05, 4.69) is 0 Å². The zero-order chi connectivity index (χ0) is 31.0. The van der Waals surface area contributed by atoms with Gasteiger partial charge in [-0.2, -0.15) is 12.7 Å². The molecule has 1 amide bonds. The van der Waals surface area contributed by atoms with Crippen molar-refractivity contribution in [2.75, 3.05) is 13.6 Å². The summed E-state index contributed by atoms with van der Waals surface area (Å²) in [6, 6.07) is 6.87. The first-order chi connectivity index (χ1) is 19.6. The Kier molecular flexibility index (Phi) is 9.72. The largest absolute Gasteiger partial charge is 0.336 e. The van der Waals surface area contributed by atoms with Gasteiger partial charge in [-0.05, 0) is 81.5 Å². The number of halogens is 3. The molecule has 9 nitrogen and oxygen atoms in total. The van der Waals surface area contributed by atoms with E-state index in [0.717, 1.165) is 28.8 Å². The maximum atomic E-state index is 14.0. The van der Waals surface area contributed by atoms with Crippen molar-refractivity contribution >= 4 is 26.0 Å². The Morgan fingerprint density at radius 3 is 2.05 bits per heavy atom. The Morgan fingerprint density at radius 1 is 0.976 bits per heavy atom. The number of nitrogens with zero attached hydrogens (tertiary/aromatic N) is 2. The molecule has 2 aromatic carbocycles. The van der Waals surface area contributed by atoms with Crippen LogP contribution in [0.15, 0.2) is 41.3 Å². The van der Waals surface area contributed by atoms with Crippen molar-refractivity contribution in [1.82, 2.24) is 9.21 Å². The van der Waals surface area contributed by atoms with Gasteiger partial charge in [0, 0.05) is 31.2 Å². The van der Waals surface area contributed by atoms with Gasteiger partial charge in [0.1, 0.15) is 5.82 Å². The highest BCUT2D eigenvalue weighted by atomic mass is 32.2. The number of amides is 1. The summed E-state index contributed by atoms with van der Waals surface area (Å²) in [6.07, 6.45) is 4.28. The van der Waals surface area contributed by atoms with Crippen LogP contribution in [0.2, 0.25) is 0 Å². The van der Waals surface area contributed by atoms with E-state index in [1.54, 1.807) is 17.0 Å². The van der Waals surface area contributed by atoms with Gasteiger partial charge < -0.3 is 10.6 Å². The number of carbonyl (C=O) groups excluding carboxylic acids is 1. The third kappa shape index (κ3) is 7.51. The lowest BCUT2D eigenvalue weighted by Gasteiger charge is -2.41. The fourth-order valence-electron chi connectivity index (χ4n) is 5.81. The molecule has 2 heterocycles. The summed E-state index contributed by atoms with van der Waals surface area (Å²) >= 11 is 0. The summed E-state index contributed by atoms with van der Waals surface area (Å²) in [7, 11) is -5.98. The van der Waals surface area contributed by atoms with Crippen LogP contribution in [0.3, 0.4) is 0 Å². The third-order valence-corrected chi connectivity index (χ3v) is 11.4. The summed E-state index contributed by atoms with van der Waals surface area (Å²) < 4.78 is 96.0. The molecule has 2 saturated heterocycles. The minimum atomic E-state index is -4.02. The molecule has 2 unspecified atom stereocenters. The number of likely N-dealkylation sites (N-methyl/N-ethyl adjacent to an activating group) is 1. The zero-order valence-corrected chi connectivity index (χ0v) is 25.1. The van der Waals surface area contributed by atoms with E-state index < -0.39 is 43.6 Å². The molecule has 3 fully saturated rings. The molecule has 3 aliphatic rings. The van der Waals surface area contributed by atoms with Crippen molar-refractivity contribution in [3.63, 3.8) is 0 Å². The number of nitrogens with two attached hydrogens (primary N) is 1. The van der Waals surface area contributed by atoms with Crippen molar-refractivity contribution < 1.29 is 39.4 Å². The molecule has 0 aromatic heterocycles. The van der Waals surface area contributed by atoms with Gasteiger partial charge >= 0.3 is 0 Å². The number of rotatable bonds is 8. The fraction of sp³-hybridized carbons (Fsp3) is 0.536. The van der Waals surface area contributed by atoms with Gasteiger partial charge in [-0.1, -0.05) is 17.7 Å². The number of sulfonamides is 1. The Balaban J connectivity index is 0.000000310. The van der Waals surface area contributed by atoms with Crippen molar-refractivity contribution in [3.05, 3.63) is 65.0 Å². The molecule has 5 rings (SSSR count). The Morgan fingerprint density at radius 2 is 1.52 bits per heavy atom. The lowest BCUT2D eigenvalue weighted by Crippen LogP contribution is -2.53. The number of aryl methyl sites for hydroxylation is 1. The molecule has 3 N–H and O–H groups in total. The minimum absolute atomic E-state index is 0.0157. The van der Waals surface area contributed by atoms with E-state index >= 15 is 0 Å². The van der Waals surface area contributed by atoms with Gasteiger partial charge in [0.15, 0.2) is 11.6 Å². The standard InChI is InChI=1S/C21H28F3N3O3S.C7H8O3S/c1-26(31(29,30)16-4-5-16)11-21(28)27-14-2-3-15(27)7-13(6-14)20(25)9-12-8-18(23)19(24)10-17(12)22;1-6-2-4-7(5-3-6)11(8,9)10/h8,10,13-16,20H,2-7,9,11,25H2,1H3;2-5H,1H3,(H,8,9,10)/t13?,14?,15?,20-;/m1./s1. The summed E-state index contributed by atoms with van der Waals surface area (Å²) in [5, 5.41) is -0.359. The lowest BCUT2D eigenvalue weighted by molar-refractivity contribution is -0.136. The molecule has 3 atom stereocenters. The molecule has 14 heteroatoms.